The highest BCUT2D eigenvalue weighted by Gasteiger charge is 2.25. The molecule has 1 aliphatic heterocycles. The molecule has 2 aromatic carbocycles. The summed E-state index contributed by atoms with van der Waals surface area (Å²) >= 11 is 0. The first kappa shape index (κ1) is 27.8. The Morgan fingerprint density at radius 1 is 0.842 bits per heavy atom. The topological polar surface area (TPSA) is 137 Å². The molecule has 3 aromatic rings. The summed E-state index contributed by atoms with van der Waals surface area (Å²) in [5.41, 5.74) is 2.26. The van der Waals surface area contributed by atoms with Gasteiger partial charge in [-0.05, 0) is 47.5 Å². The van der Waals surface area contributed by atoms with Crippen LogP contribution in [0, 0.1) is 5.82 Å². The SMILES string of the molecule is O=C(Cc1cccnc1)N1CCN(C(=O)c2cccc(OCc3ccc(F)cc3)c2)CC1.O=C(O)C(=O)O. The molecule has 10 nitrogen and oxygen atoms in total. The molecule has 0 unspecified atom stereocenters. The second-order valence-electron chi connectivity index (χ2n) is 8.26. The number of hydrogen-bond acceptors (Lipinski definition) is 6. The van der Waals surface area contributed by atoms with E-state index < -0.39 is 11.9 Å². The quantitative estimate of drug-likeness (QED) is 0.470. The highest BCUT2D eigenvalue weighted by Crippen LogP contribution is 2.18. The molecule has 1 saturated heterocycles. The molecule has 0 radical (unpaired) electrons. The summed E-state index contributed by atoms with van der Waals surface area (Å²) in [6.45, 7) is 2.27. The maximum Gasteiger partial charge on any atom is 0.414 e. The summed E-state index contributed by atoms with van der Waals surface area (Å²) < 4.78 is 18.8. The van der Waals surface area contributed by atoms with Crippen LogP contribution in [-0.4, -0.2) is 74.9 Å². The fraction of sp³-hybridized carbons (Fsp3) is 0.222. The third-order valence-corrected chi connectivity index (χ3v) is 5.58. The molecule has 198 valence electrons. The summed E-state index contributed by atoms with van der Waals surface area (Å²) in [5.74, 6) is -3.41. The van der Waals surface area contributed by atoms with Crippen molar-refractivity contribution in [3.05, 3.63) is 95.6 Å². The Morgan fingerprint density at radius 3 is 2.11 bits per heavy atom. The van der Waals surface area contributed by atoms with E-state index >= 15 is 0 Å². The van der Waals surface area contributed by atoms with Crippen molar-refractivity contribution in [2.75, 3.05) is 26.2 Å². The summed E-state index contributed by atoms with van der Waals surface area (Å²) in [5, 5.41) is 14.8. The number of aromatic nitrogens is 1. The molecule has 38 heavy (non-hydrogen) atoms. The molecule has 0 saturated carbocycles. The van der Waals surface area contributed by atoms with Gasteiger partial charge in [0.25, 0.3) is 5.91 Å². The normalized spacial score (nSPS) is 12.7. The Balaban J connectivity index is 0.000000599. The highest BCUT2D eigenvalue weighted by atomic mass is 19.1. The monoisotopic (exact) mass is 523 g/mol. The van der Waals surface area contributed by atoms with E-state index in [9.17, 15) is 14.0 Å². The lowest BCUT2D eigenvalue weighted by molar-refractivity contribution is -0.159. The molecule has 0 aliphatic carbocycles. The van der Waals surface area contributed by atoms with Crippen LogP contribution in [-0.2, 0) is 27.4 Å². The molecule has 2 amide bonds. The van der Waals surface area contributed by atoms with Crippen molar-refractivity contribution in [3.63, 3.8) is 0 Å². The van der Waals surface area contributed by atoms with Crippen molar-refractivity contribution in [2.45, 2.75) is 13.0 Å². The van der Waals surface area contributed by atoms with Gasteiger partial charge in [-0.15, -0.1) is 0 Å². The second kappa shape index (κ2) is 13.5. The third kappa shape index (κ3) is 8.40. The average molecular weight is 524 g/mol. The van der Waals surface area contributed by atoms with Gasteiger partial charge in [0.1, 0.15) is 18.2 Å². The number of halogens is 1. The molecule has 0 bridgehead atoms. The smallest absolute Gasteiger partial charge is 0.414 e. The lowest BCUT2D eigenvalue weighted by atomic mass is 10.1. The van der Waals surface area contributed by atoms with E-state index in [0.29, 0.717) is 43.9 Å². The number of carboxylic acids is 2. The molecule has 1 aromatic heterocycles. The molecular weight excluding hydrogens is 497 g/mol. The highest BCUT2D eigenvalue weighted by molar-refractivity contribution is 6.27. The molecule has 11 heteroatoms. The number of carboxylic acid groups (broad SMARTS) is 2. The Morgan fingerprint density at radius 2 is 1.50 bits per heavy atom. The van der Waals surface area contributed by atoms with E-state index in [1.807, 2.05) is 12.1 Å². The minimum absolute atomic E-state index is 0.0429. The Labute approximate surface area is 217 Å². The van der Waals surface area contributed by atoms with Crippen LogP contribution in [0.1, 0.15) is 21.5 Å². The van der Waals surface area contributed by atoms with E-state index in [1.165, 1.54) is 12.1 Å². The number of pyridine rings is 1. The Kier molecular flexibility index (Phi) is 9.86. The first-order chi connectivity index (χ1) is 18.2. The van der Waals surface area contributed by atoms with Crippen molar-refractivity contribution in [1.29, 1.82) is 0 Å². The van der Waals surface area contributed by atoms with Crippen LogP contribution >= 0.6 is 0 Å². The first-order valence-electron chi connectivity index (χ1n) is 11.6. The van der Waals surface area contributed by atoms with Crippen molar-refractivity contribution in [3.8, 4) is 5.75 Å². The summed E-state index contributed by atoms with van der Waals surface area (Å²) in [6.07, 6.45) is 3.69. The number of carbonyl (C=O) groups excluding carboxylic acids is 2. The second-order valence-corrected chi connectivity index (χ2v) is 8.26. The zero-order valence-electron chi connectivity index (χ0n) is 20.3. The van der Waals surface area contributed by atoms with E-state index in [0.717, 1.165) is 11.1 Å². The fourth-order valence-electron chi connectivity index (χ4n) is 3.60. The summed E-state index contributed by atoms with van der Waals surface area (Å²) in [6, 6.07) is 16.8. The number of piperazine rings is 1. The van der Waals surface area contributed by atoms with Crippen LogP contribution in [0.15, 0.2) is 73.1 Å². The standard InChI is InChI=1S/C25H24FN3O3.C2H2O4/c26-22-8-6-19(7-9-22)18-32-23-5-1-4-21(16-23)25(31)29-13-11-28(12-14-29)24(30)15-20-3-2-10-27-17-20;3-1(4)2(5)6/h1-10,16-17H,11-15,18H2;(H,3,4)(H,5,6). The van der Waals surface area contributed by atoms with Gasteiger partial charge in [0, 0.05) is 44.1 Å². The van der Waals surface area contributed by atoms with Crippen LogP contribution < -0.4 is 4.74 Å². The van der Waals surface area contributed by atoms with Crippen LogP contribution in [0.2, 0.25) is 0 Å². The number of benzene rings is 2. The van der Waals surface area contributed by atoms with Gasteiger partial charge in [0.15, 0.2) is 0 Å². The molecule has 1 fully saturated rings. The zero-order valence-corrected chi connectivity index (χ0v) is 20.3. The average Bonchev–Trinajstić information content (AvgIpc) is 2.93. The third-order valence-electron chi connectivity index (χ3n) is 5.58. The first-order valence-corrected chi connectivity index (χ1v) is 11.6. The van der Waals surface area contributed by atoms with Gasteiger partial charge in [0.2, 0.25) is 5.91 Å². The van der Waals surface area contributed by atoms with Crippen LogP contribution in [0.3, 0.4) is 0 Å². The van der Waals surface area contributed by atoms with Gasteiger partial charge >= 0.3 is 11.9 Å². The van der Waals surface area contributed by atoms with Crippen molar-refractivity contribution < 1.29 is 38.5 Å². The van der Waals surface area contributed by atoms with Crippen LogP contribution in [0.5, 0.6) is 5.75 Å². The largest absolute Gasteiger partial charge is 0.489 e. The van der Waals surface area contributed by atoms with Gasteiger partial charge in [-0.1, -0.05) is 24.3 Å². The number of nitrogens with zero attached hydrogens (tertiary/aromatic N) is 3. The molecule has 4 rings (SSSR count). The van der Waals surface area contributed by atoms with Gasteiger partial charge in [-0.25, -0.2) is 14.0 Å². The van der Waals surface area contributed by atoms with Gasteiger partial charge in [-0.3, -0.25) is 14.6 Å². The summed E-state index contributed by atoms with van der Waals surface area (Å²) in [4.78, 5) is 51.3. The summed E-state index contributed by atoms with van der Waals surface area (Å²) in [7, 11) is 0. The van der Waals surface area contributed by atoms with E-state index in [4.69, 9.17) is 24.5 Å². The lowest BCUT2D eigenvalue weighted by Gasteiger charge is -2.35. The number of aliphatic carboxylic acids is 2. The Hall–Kier alpha value is -4.80. The maximum absolute atomic E-state index is 13.0. The molecule has 0 spiro atoms. The minimum Gasteiger partial charge on any atom is -0.489 e. The zero-order chi connectivity index (χ0) is 27.5. The van der Waals surface area contributed by atoms with Crippen molar-refractivity contribution >= 4 is 23.8 Å². The van der Waals surface area contributed by atoms with Crippen molar-refractivity contribution in [1.82, 2.24) is 14.8 Å². The van der Waals surface area contributed by atoms with E-state index in [2.05, 4.69) is 4.98 Å². The lowest BCUT2D eigenvalue weighted by Crippen LogP contribution is -2.51. The number of hydrogen-bond donors (Lipinski definition) is 2. The number of rotatable bonds is 6. The molecule has 0 atom stereocenters. The molecule has 2 N–H and O–H groups in total. The Bertz CT molecular complexity index is 1250. The van der Waals surface area contributed by atoms with Crippen LogP contribution in [0.4, 0.5) is 4.39 Å². The van der Waals surface area contributed by atoms with Crippen molar-refractivity contribution in [2.24, 2.45) is 0 Å². The maximum atomic E-state index is 13.0. The van der Waals surface area contributed by atoms with E-state index in [-0.39, 0.29) is 24.2 Å². The number of carbonyl (C=O) groups is 4. The van der Waals surface area contributed by atoms with Gasteiger partial charge in [-0.2, -0.15) is 0 Å². The van der Waals surface area contributed by atoms with Gasteiger partial charge in [0.05, 0.1) is 6.42 Å². The predicted molar refractivity (Wildman–Crippen MR) is 133 cm³/mol. The van der Waals surface area contributed by atoms with Crippen LogP contribution in [0.25, 0.3) is 0 Å². The fourth-order valence-corrected chi connectivity index (χ4v) is 3.60. The number of ether oxygens (including phenoxy) is 1. The van der Waals surface area contributed by atoms with Gasteiger partial charge < -0.3 is 24.7 Å². The predicted octanol–water partition coefficient (Wildman–Crippen LogP) is 2.48. The molecule has 1 aliphatic rings. The minimum atomic E-state index is -1.82. The molecule has 2 heterocycles. The van der Waals surface area contributed by atoms with E-state index in [1.54, 1.807) is 58.6 Å². The molecular formula is C27H26FN3O7. The number of amides is 2.